The van der Waals surface area contributed by atoms with E-state index in [2.05, 4.69) is 36.6 Å². The molecule has 0 aliphatic rings. The van der Waals surface area contributed by atoms with Gasteiger partial charge in [0.2, 0.25) is 0 Å². The summed E-state index contributed by atoms with van der Waals surface area (Å²) in [6.07, 6.45) is 8.37. The van der Waals surface area contributed by atoms with E-state index in [-0.39, 0.29) is 0 Å². The van der Waals surface area contributed by atoms with Crippen LogP contribution in [-0.2, 0) is 0 Å². The molecule has 0 saturated heterocycles. The molecule has 1 rings (SSSR count). The van der Waals surface area contributed by atoms with Gasteiger partial charge in [-0.25, -0.2) is 0 Å². The van der Waals surface area contributed by atoms with Crippen LogP contribution in [0.25, 0.3) is 12.2 Å². The molecule has 0 nitrogen and oxygen atoms in total. The van der Waals surface area contributed by atoms with Crippen molar-refractivity contribution in [1.29, 1.82) is 0 Å². The molecular weight excluding hydrogens is 152 g/mol. The van der Waals surface area contributed by atoms with Crippen LogP contribution in [0.2, 0.25) is 0 Å². The van der Waals surface area contributed by atoms with Gasteiger partial charge in [0.1, 0.15) is 0 Å². The number of allylic oxidation sites excluding steroid dienone is 2. The first kappa shape index (κ1) is 8.28. The van der Waals surface area contributed by atoms with Crippen molar-refractivity contribution in [2.45, 2.75) is 13.8 Å². The van der Waals surface area contributed by atoms with Crippen LogP contribution in [0.1, 0.15) is 13.8 Å². The minimum Gasteiger partial charge on any atom is -0.144 e. The fourth-order valence-corrected chi connectivity index (χ4v) is 1.67. The zero-order chi connectivity index (χ0) is 8.10. The Morgan fingerprint density at radius 2 is 2.18 bits per heavy atom. The standard InChI is InChI=1S/C10H12S/c1-3-5-6-9-7-8-11-10(9)4-2/h3-8H,1-2H3/b5-3-,9-6-,10-4+. The second-order valence-corrected chi connectivity index (χ2v) is 3.17. The van der Waals surface area contributed by atoms with Gasteiger partial charge in [0.25, 0.3) is 0 Å². The maximum absolute atomic E-state index is 2.14. The Morgan fingerprint density at radius 3 is 2.82 bits per heavy atom. The lowest BCUT2D eigenvalue weighted by atomic mass is 10.3. The quantitative estimate of drug-likeness (QED) is 0.595. The molecule has 0 aromatic carbocycles. The van der Waals surface area contributed by atoms with E-state index in [1.54, 1.807) is 11.3 Å². The van der Waals surface area contributed by atoms with E-state index < -0.39 is 0 Å². The minimum atomic E-state index is 1.32. The van der Waals surface area contributed by atoms with Crippen molar-refractivity contribution in [3.8, 4) is 0 Å². The highest BCUT2D eigenvalue weighted by atomic mass is 32.1. The van der Waals surface area contributed by atoms with Crippen LogP contribution in [0.15, 0.2) is 23.6 Å². The second kappa shape index (κ2) is 4.14. The van der Waals surface area contributed by atoms with Crippen LogP contribution < -0.4 is 9.75 Å². The molecule has 11 heavy (non-hydrogen) atoms. The van der Waals surface area contributed by atoms with Gasteiger partial charge in [-0.2, -0.15) is 0 Å². The lowest BCUT2D eigenvalue weighted by Gasteiger charge is -1.74. The molecule has 0 atom stereocenters. The highest BCUT2D eigenvalue weighted by Crippen LogP contribution is 1.81. The fraction of sp³-hybridized carbons (Fsp3) is 0.200. The normalized spacial score (nSPS) is 15.1. The Hall–Kier alpha value is -0.820. The topological polar surface area (TPSA) is 0 Å². The molecule has 0 spiro atoms. The predicted octanol–water partition coefficient (Wildman–Crippen LogP) is 1.91. The summed E-state index contributed by atoms with van der Waals surface area (Å²) in [5.41, 5.74) is 0. The van der Waals surface area contributed by atoms with Crippen molar-refractivity contribution in [2.75, 3.05) is 0 Å². The van der Waals surface area contributed by atoms with Crippen LogP contribution in [0.5, 0.6) is 0 Å². The molecule has 1 heterocycles. The number of rotatable bonds is 1. The minimum absolute atomic E-state index is 1.32. The van der Waals surface area contributed by atoms with Gasteiger partial charge in [-0.15, -0.1) is 11.3 Å². The Morgan fingerprint density at radius 1 is 1.36 bits per heavy atom. The van der Waals surface area contributed by atoms with Gasteiger partial charge in [-0.05, 0) is 30.5 Å². The van der Waals surface area contributed by atoms with Gasteiger partial charge in [0, 0.05) is 4.53 Å². The van der Waals surface area contributed by atoms with Crippen molar-refractivity contribution in [1.82, 2.24) is 0 Å². The SMILES string of the molecule is C\C=C/C=c1/ccs/c1=C/C. The number of thiophene rings is 1. The second-order valence-electron chi connectivity index (χ2n) is 2.22. The van der Waals surface area contributed by atoms with E-state index in [0.717, 1.165) is 0 Å². The van der Waals surface area contributed by atoms with Crippen molar-refractivity contribution >= 4 is 23.5 Å². The summed E-state index contributed by atoms with van der Waals surface area (Å²) in [5.74, 6) is 0. The van der Waals surface area contributed by atoms with Crippen LogP contribution in [0.4, 0.5) is 0 Å². The molecule has 0 aliphatic heterocycles. The van der Waals surface area contributed by atoms with Gasteiger partial charge in [-0.1, -0.05) is 24.3 Å². The van der Waals surface area contributed by atoms with E-state index in [1.807, 2.05) is 13.0 Å². The molecule has 0 aliphatic carbocycles. The summed E-state index contributed by atoms with van der Waals surface area (Å²) in [7, 11) is 0. The van der Waals surface area contributed by atoms with Crippen LogP contribution in [0, 0.1) is 0 Å². The Bertz CT molecular complexity index is 341. The largest absolute Gasteiger partial charge is 0.144 e. The summed E-state index contributed by atoms with van der Waals surface area (Å²) < 4.78 is 1.35. The van der Waals surface area contributed by atoms with E-state index in [0.29, 0.717) is 0 Å². The molecule has 0 unspecified atom stereocenters. The van der Waals surface area contributed by atoms with Gasteiger partial charge >= 0.3 is 0 Å². The molecule has 0 amide bonds. The average Bonchev–Trinajstić information content (AvgIpc) is 2.47. The molecule has 0 saturated carbocycles. The molecule has 0 fully saturated rings. The van der Waals surface area contributed by atoms with Crippen LogP contribution >= 0.6 is 11.3 Å². The maximum atomic E-state index is 2.14. The Labute approximate surface area is 71.2 Å². The molecule has 1 aromatic rings. The van der Waals surface area contributed by atoms with E-state index >= 15 is 0 Å². The molecule has 0 bridgehead atoms. The Balaban J connectivity index is 3.23. The third kappa shape index (κ3) is 2.05. The summed E-state index contributed by atoms with van der Waals surface area (Å²) in [5, 5.41) is 3.43. The van der Waals surface area contributed by atoms with Crippen molar-refractivity contribution in [3.63, 3.8) is 0 Å². The lowest BCUT2D eigenvalue weighted by Crippen LogP contribution is -2.15. The third-order valence-electron chi connectivity index (χ3n) is 1.46. The Kier molecular flexibility index (Phi) is 3.12. The van der Waals surface area contributed by atoms with Gasteiger partial charge in [-0.3, -0.25) is 0 Å². The molecule has 0 radical (unpaired) electrons. The fourth-order valence-electron chi connectivity index (χ4n) is 0.903. The monoisotopic (exact) mass is 164 g/mol. The maximum Gasteiger partial charge on any atom is 0.0300 e. The van der Waals surface area contributed by atoms with Gasteiger partial charge in [0.05, 0.1) is 0 Å². The number of hydrogen-bond acceptors (Lipinski definition) is 1. The zero-order valence-corrected chi connectivity index (χ0v) is 7.69. The summed E-state index contributed by atoms with van der Waals surface area (Å²) >= 11 is 1.78. The first-order valence-corrected chi connectivity index (χ1v) is 4.59. The van der Waals surface area contributed by atoms with Gasteiger partial charge < -0.3 is 0 Å². The van der Waals surface area contributed by atoms with E-state index in [1.165, 1.54) is 9.75 Å². The summed E-state index contributed by atoms with van der Waals surface area (Å²) in [6, 6.07) is 2.14. The zero-order valence-electron chi connectivity index (χ0n) is 6.87. The average molecular weight is 164 g/mol. The molecule has 0 N–H and O–H groups in total. The third-order valence-corrected chi connectivity index (χ3v) is 2.46. The van der Waals surface area contributed by atoms with Gasteiger partial charge in [0.15, 0.2) is 0 Å². The summed E-state index contributed by atoms with van der Waals surface area (Å²) in [4.78, 5) is 0. The molecule has 1 heteroatoms. The lowest BCUT2D eigenvalue weighted by molar-refractivity contribution is 1.68. The highest BCUT2D eigenvalue weighted by molar-refractivity contribution is 7.07. The first-order chi connectivity index (χ1) is 5.38. The molecular formula is C10H12S. The smallest absolute Gasteiger partial charge is 0.0300 e. The van der Waals surface area contributed by atoms with Crippen LogP contribution in [-0.4, -0.2) is 0 Å². The van der Waals surface area contributed by atoms with Crippen molar-refractivity contribution in [2.24, 2.45) is 0 Å². The first-order valence-electron chi connectivity index (χ1n) is 3.71. The molecule has 1 aromatic heterocycles. The molecule has 58 valence electrons. The predicted molar refractivity (Wildman–Crippen MR) is 53.0 cm³/mol. The highest BCUT2D eigenvalue weighted by Gasteiger charge is 1.81. The van der Waals surface area contributed by atoms with E-state index in [4.69, 9.17) is 0 Å². The van der Waals surface area contributed by atoms with Crippen molar-refractivity contribution < 1.29 is 0 Å². The van der Waals surface area contributed by atoms with Crippen molar-refractivity contribution in [3.05, 3.63) is 33.3 Å². The van der Waals surface area contributed by atoms with Crippen LogP contribution in [0.3, 0.4) is 0 Å². The summed E-state index contributed by atoms with van der Waals surface area (Å²) in [6.45, 7) is 4.09. The van der Waals surface area contributed by atoms with E-state index in [9.17, 15) is 0 Å². The number of hydrogen-bond donors (Lipinski definition) is 0.